The second kappa shape index (κ2) is 6.54. The Balaban J connectivity index is 3.02. The molecule has 0 aliphatic heterocycles. The largest absolute Gasteiger partial charge is 0.207 e. The van der Waals surface area contributed by atoms with Crippen molar-refractivity contribution in [2.75, 3.05) is 0 Å². The third-order valence-electron chi connectivity index (χ3n) is 5.06. The van der Waals surface area contributed by atoms with Gasteiger partial charge in [0, 0.05) is 0 Å². The van der Waals surface area contributed by atoms with Crippen LogP contribution in [0.15, 0.2) is 23.0 Å². The van der Waals surface area contributed by atoms with Crippen molar-refractivity contribution in [1.82, 2.24) is 0 Å². The molecule has 0 amide bonds. The molecular weight excluding hydrogens is 223 g/mol. The Bertz CT molecular complexity index is 328. The first-order valence-corrected chi connectivity index (χ1v) is 7.61. The van der Waals surface area contributed by atoms with Crippen molar-refractivity contribution in [3.63, 3.8) is 0 Å². The molecule has 1 aliphatic rings. The topological polar surface area (TPSA) is 0 Å². The van der Waals surface area contributed by atoms with Gasteiger partial charge in [-0.3, -0.25) is 0 Å². The average Bonchev–Trinajstić information content (AvgIpc) is 2.39. The molecule has 0 fully saturated rings. The SMILES string of the molecule is CCC(CC)C1=CC(F)=C(C(C)(CC)CC)CC1. The van der Waals surface area contributed by atoms with Crippen LogP contribution in [0.25, 0.3) is 0 Å². The van der Waals surface area contributed by atoms with Gasteiger partial charge in [-0.15, -0.1) is 0 Å². The summed E-state index contributed by atoms with van der Waals surface area (Å²) in [6.07, 6.45) is 8.14. The highest BCUT2D eigenvalue weighted by Crippen LogP contribution is 2.43. The van der Waals surface area contributed by atoms with Crippen molar-refractivity contribution in [2.24, 2.45) is 11.3 Å². The van der Waals surface area contributed by atoms with Gasteiger partial charge in [-0.05, 0) is 61.5 Å². The normalized spacial score (nSPS) is 17.4. The molecule has 18 heavy (non-hydrogen) atoms. The van der Waals surface area contributed by atoms with Gasteiger partial charge in [-0.1, -0.05) is 40.2 Å². The van der Waals surface area contributed by atoms with Crippen LogP contribution in [0.1, 0.15) is 73.1 Å². The molecule has 0 aromatic rings. The van der Waals surface area contributed by atoms with E-state index in [9.17, 15) is 4.39 Å². The highest BCUT2D eigenvalue weighted by Gasteiger charge is 2.30. The zero-order valence-corrected chi connectivity index (χ0v) is 12.8. The fraction of sp³-hybridized carbons (Fsp3) is 0.765. The van der Waals surface area contributed by atoms with E-state index < -0.39 is 0 Å². The fourth-order valence-corrected chi connectivity index (χ4v) is 3.11. The first-order chi connectivity index (χ1) is 8.52. The number of allylic oxidation sites excluding steroid dienone is 4. The van der Waals surface area contributed by atoms with Crippen LogP contribution in [-0.4, -0.2) is 0 Å². The van der Waals surface area contributed by atoms with Crippen LogP contribution < -0.4 is 0 Å². The molecule has 0 aromatic carbocycles. The fourth-order valence-electron chi connectivity index (χ4n) is 3.11. The van der Waals surface area contributed by atoms with Gasteiger partial charge in [-0.2, -0.15) is 0 Å². The van der Waals surface area contributed by atoms with E-state index >= 15 is 0 Å². The summed E-state index contributed by atoms with van der Waals surface area (Å²) < 4.78 is 14.4. The van der Waals surface area contributed by atoms with Gasteiger partial charge in [0.25, 0.3) is 0 Å². The van der Waals surface area contributed by atoms with Crippen LogP contribution in [-0.2, 0) is 0 Å². The second-order valence-corrected chi connectivity index (χ2v) is 5.83. The summed E-state index contributed by atoms with van der Waals surface area (Å²) in [5, 5.41) is 0. The van der Waals surface area contributed by atoms with Gasteiger partial charge >= 0.3 is 0 Å². The standard InChI is InChI=1S/C17H29F/c1-6-13(7-2)14-10-11-15(16(18)12-14)17(5,8-3)9-4/h12-13H,6-11H2,1-5H3. The van der Waals surface area contributed by atoms with Crippen LogP contribution in [0.2, 0.25) is 0 Å². The first-order valence-electron chi connectivity index (χ1n) is 7.61. The van der Waals surface area contributed by atoms with Gasteiger partial charge in [0.2, 0.25) is 0 Å². The van der Waals surface area contributed by atoms with Crippen molar-refractivity contribution in [3.05, 3.63) is 23.0 Å². The van der Waals surface area contributed by atoms with Crippen LogP contribution in [0.4, 0.5) is 4.39 Å². The Morgan fingerprint density at radius 1 is 1.11 bits per heavy atom. The van der Waals surface area contributed by atoms with Crippen LogP contribution in [0.3, 0.4) is 0 Å². The molecule has 0 bridgehead atoms. The Morgan fingerprint density at radius 3 is 2.06 bits per heavy atom. The van der Waals surface area contributed by atoms with Crippen molar-refractivity contribution in [1.29, 1.82) is 0 Å². The van der Waals surface area contributed by atoms with Crippen molar-refractivity contribution in [2.45, 2.75) is 73.1 Å². The minimum Gasteiger partial charge on any atom is -0.207 e. The Labute approximate surface area is 112 Å². The number of hydrogen-bond acceptors (Lipinski definition) is 0. The maximum Gasteiger partial charge on any atom is 0.122 e. The molecule has 1 aliphatic carbocycles. The van der Waals surface area contributed by atoms with Crippen molar-refractivity contribution < 1.29 is 4.39 Å². The molecular formula is C17H29F. The van der Waals surface area contributed by atoms with Crippen molar-refractivity contribution in [3.8, 4) is 0 Å². The summed E-state index contributed by atoms with van der Waals surface area (Å²) in [6, 6.07) is 0. The molecule has 0 aromatic heterocycles. The number of rotatable bonds is 6. The van der Waals surface area contributed by atoms with Gasteiger partial charge in [0.05, 0.1) is 0 Å². The van der Waals surface area contributed by atoms with Crippen LogP contribution >= 0.6 is 0 Å². The molecule has 0 spiro atoms. The smallest absolute Gasteiger partial charge is 0.122 e. The Kier molecular flexibility index (Phi) is 5.62. The van der Waals surface area contributed by atoms with E-state index in [1.807, 2.05) is 6.08 Å². The van der Waals surface area contributed by atoms with Crippen LogP contribution in [0, 0.1) is 11.3 Å². The molecule has 1 heteroatoms. The third-order valence-corrected chi connectivity index (χ3v) is 5.06. The molecule has 0 radical (unpaired) electrons. The van der Waals surface area contributed by atoms with E-state index in [-0.39, 0.29) is 11.2 Å². The zero-order valence-electron chi connectivity index (χ0n) is 12.8. The lowest BCUT2D eigenvalue weighted by molar-refractivity contribution is 0.338. The molecule has 0 atom stereocenters. The van der Waals surface area contributed by atoms with E-state index in [1.54, 1.807) is 0 Å². The zero-order chi connectivity index (χ0) is 13.8. The Morgan fingerprint density at radius 2 is 1.67 bits per heavy atom. The lowest BCUT2D eigenvalue weighted by atomic mass is 9.72. The highest BCUT2D eigenvalue weighted by molar-refractivity contribution is 5.33. The lowest BCUT2D eigenvalue weighted by Crippen LogP contribution is -2.21. The third kappa shape index (κ3) is 3.05. The molecule has 0 unspecified atom stereocenters. The molecule has 104 valence electrons. The molecule has 0 saturated heterocycles. The van der Waals surface area contributed by atoms with Gasteiger partial charge < -0.3 is 0 Å². The van der Waals surface area contributed by atoms with Gasteiger partial charge in [0.15, 0.2) is 0 Å². The number of halogens is 1. The van der Waals surface area contributed by atoms with E-state index in [2.05, 4.69) is 34.6 Å². The van der Waals surface area contributed by atoms with E-state index in [4.69, 9.17) is 0 Å². The molecule has 0 N–H and O–H groups in total. The lowest BCUT2D eigenvalue weighted by Gasteiger charge is -2.33. The van der Waals surface area contributed by atoms with Crippen LogP contribution in [0.5, 0.6) is 0 Å². The molecule has 0 heterocycles. The average molecular weight is 252 g/mol. The quantitative estimate of drug-likeness (QED) is 0.528. The van der Waals surface area contributed by atoms with E-state index in [0.717, 1.165) is 44.1 Å². The Hall–Kier alpha value is -0.590. The molecule has 1 rings (SSSR count). The molecule has 0 nitrogen and oxygen atoms in total. The van der Waals surface area contributed by atoms with E-state index in [1.165, 1.54) is 5.57 Å². The predicted octanol–water partition coefficient (Wildman–Crippen LogP) is 6.19. The second-order valence-electron chi connectivity index (χ2n) is 5.83. The summed E-state index contributed by atoms with van der Waals surface area (Å²) in [7, 11) is 0. The van der Waals surface area contributed by atoms with Gasteiger partial charge in [0.1, 0.15) is 5.83 Å². The van der Waals surface area contributed by atoms with Crippen molar-refractivity contribution >= 4 is 0 Å². The van der Waals surface area contributed by atoms with E-state index in [0.29, 0.717) is 5.92 Å². The minimum atomic E-state index is 0.0556. The number of hydrogen-bond donors (Lipinski definition) is 0. The first kappa shape index (κ1) is 15.5. The highest BCUT2D eigenvalue weighted by atomic mass is 19.1. The van der Waals surface area contributed by atoms with Gasteiger partial charge in [-0.25, -0.2) is 4.39 Å². The summed E-state index contributed by atoms with van der Waals surface area (Å²) in [6.45, 7) is 11.0. The maximum absolute atomic E-state index is 14.4. The molecule has 0 saturated carbocycles. The summed E-state index contributed by atoms with van der Waals surface area (Å²) in [5.74, 6) is 0.640. The summed E-state index contributed by atoms with van der Waals surface area (Å²) in [4.78, 5) is 0. The monoisotopic (exact) mass is 252 g/mol. The summed E-state index contributed by atoms with van der Waals surface area (Å²) in [5.41, 5.74) is 2.44. The minimum absolute atomic E-state index is 0.0556. The summed E-state index contributed by atoms with van der Waals surface area (Å²) >= 11 is 0. The predicted molar refractivity (Wildman–Crippen MR) is 78.2 cm³/mol. The maximum atomic E-state index is 14.4.